The number of rotatable bonds is 3. The van der Waals surface area contributed by atoms with Crippen LogP contribution in [0.5, 0.6) is 0 Å². The van der Waals surface area contributed by atoms with Gasteiger partial charge in [0.1, 0.15) is 22.2 Å². The predicted molar refractivity (Wildman–Crippen MR) is 84.4 cm³/mol. The van der Waals surface area contributed by atoms with Crippen molar-refractivity contribution >= 4 is 22.4 Å². The molecule has 23 heavy (non-hydrogen) atoms. The lowest BCUT2D eigenvalue weighted by Crippen LogP contribution is -2.15. The fraction of sp³-hybridized carbons (Fsp3) is 0.0625. The predicted octanol–water partition coefficient (Wildman–Crippen LogP) is 4.04. The van der Waals surface area contributed by atoms with Crippen LogP contribution in [0.4, 0.5) is 13.9 Å². The lowest BCUT2D eigenvalue weighted by molar-refractivity contribution is 0.101. The van der Waals surface area contributed by atoms with E-state index in [1.54, 1.807) is 0 Å². The molecule has 0 aliphatic heterocycles. The molecule has 1 aromatic heterocycles. The Bertz CT molecular complexity index is 859. The molecule has 7 heteroatoms. The Morgan fingerprint density at radius 3 is 2.43 bits per heavy atom. The van der Waals surface area contributed by atoms with Crippen LogP contribution in [0.1, 0.15) is 15.9 Å². The second kappa shape index (κ2) is 6.21. The van der Waals surface area contributed by atoms with Gasteiger partial charge in [-0.1, -0.05) is 41.7 Å². The number of amides is 1. The molecule has 3 rings (SSSR count). The lowest BCUT2D eigenvalue weighted by Gasteiger charge is -2.03. The molecule has 0 atom stereocenters. The summed E-state index contributed by atoms with van der Waals surface area (Å²) in [5.41, 5.74) is 1.27. The summed E-state index contributed by atoms with van der Waals surface area (Å²) >= 11 is 1.14. The van der Waals surface area contributed by atoms with Crippen molar-refractivity contribution in [2.24, 2.45) is 0 Å². The maximum atomic E-state index is 13.6. The fourth-order valence-corrected chi connectivity index (χ4v) is 2.90. The maximum Gasteiger partial charge on any atom is 0.263 e. The molecule has 0 aliphatic carbocycles. The Hall–Kier alpha value is -2.67. The van der Waals surface area contributed by atoms with E-state index in [9.17, 15) is 13.6 Å². The van der Waals surface area contributed by atoms with Crippen LogP contribution in [0.15, 0.2) is 42.5 Å². The Balaban J connectivity index is 1.85. The van der Waals surface area contributed by atoms with Crippen LogP contribution in [0.3, 0.4) is 0 Å². The number of carbonyl (C=O) groups excluding carboxylic acids is 1. The first kappa shape index (κ1) is 15.2. The summed E-state index contributed by atoms with van der Waals surface area (Å²) in [7, 11) is 0. The molecular weight excluding hydrogens is 320 g/mol. The van der Waals surface area contributed by atoms with E-state index >= 15 is 0 Å². The molecule has 4 nitrogen and oxygen atoms in total. The zero-order valence-electron chi connectivity index (χ0n) is 12.0. The summed E-state index contributed by atoms with van der Waals surface area (Å²) in [4.78, 5) is 12.0. The van der Waals surface area contributed by atoms with Crippen LogP contribution in [-0.2, 0) is 0 Å². The molecule has 0 radical (unpaired) electrons. The van der Waals surface area contributed by atoms with Crippen LogP contribution in [0, 0.1) is 18.6 Å². The number of carbonyl (C=O) groups is 1. The SMILES string of the molecule is Cc1ccccc1-c1nnc(NC(=O)c2c(F)cccc2F)s1. The van der Waals surface area contributed by atoms with E-state index in [2.05, 4.69) is 15.5 Å². The standard InChI is InChI=1S/C16H11F2N3OS/c1-9-5-2-3-6-10(9)15-20-21-16(23-15)19-14(22)13-11(17)7-4-8-12(13)18/h2-8H,1H3,(H,19,21,22). The Morgan fingerprint density at radius 1 is 1.04 bits per heavy atom. The molecule has 0 fully saturated rings. The molecule has 0 bridgehead atoms. The number of hydrogen-bond acceptors (Lipinski definition) is 4. The second-order valence-corrected chi connectivity index (χ2v) is 5.76. The molecule has 3 aromatic rings. The number of aromatic nitrogens is 2. The van der Waals surface area contributed by atoms with Crippen molar-refractivity contribution in [2.45, 2.75) is 6.92 Å². The molecule has 0 saturated carbocycles. The zero-order chi connectivity index (χ0) is 16.4. The number of benzene rings is 2. The molecule has 0 unspecified atom stereocenters. The lowest BCUT2D eigenvalue weighted by atomic mass is 10.1. The molecule has 0 spiro atoms. The van der Waals surface area contributed by atoms with E-state index in [0.717, 1.165) is 34.6 Å². The summed E-state index contributed by atoms with van der Waals surface area (Å²) in [5.74, 6) is -2.75. The minimum atomic E-state index is -0.925. The van der Waals surface area contributed by atoms with E-state index in [1.165, 1.54) is 6.07 Å². The number of halogens is 2. The normalized spacial score (nSPS) is 10.6. The molecule has 1 amide bonds. The van der Waals surface area contributed by atoms with Gasteiger partial charge in [-0.25, -0.2) is 8.78 Å². The van der Waals surface area contributed by atoms with E-state index in [1.807, 2.05) is 31.2 Å². The van der Waals surface area contributed by atoms with Gasteiger partial charge in [-0.2, -0.15) is 0 Å². The van der Waals surface area contributed by atoms with Gasteiger partial charge in [0.05, 0.1) is 0 Å². The van der Waals surface area contributed by atoms with E-state index in [4.69, 9.17) is 0 Å². The van der Waals surface area contributed by atoms with Crippen molar-refractivity contribution in [3.63, 3.8) is 0 Å². The van der Waals surface area contributed by atoms with Crippen molar-refractivity contribution in [2.75, 3.05) is 5.32 Å². The summed E-state index contributed by atoms with van der Waals surface area (Å²) in [6, 6.07) is 10.8. The van der Waals surface area contributed by atoms with Gasteiger partial charge in [-0.05, 0) is 24.6 Å². The monoisotopic (exact) mass is 331 g/mol. The highest BCUT2D eigenvalue weighted by Crippen LogP contribution is 2.29. The quantitative estimate of drug-likeness (QED) is 0.788. The van der Waals surface area contributed by atoms with Gasteiger partial charge in [0.25, 0.3) is 5.91 Å². The van der Waals surface area contributed by atoms with E-state index < -0.39 is 23.1 Å². The minimum Gasteiger partial charge on any atom is -0.296 e. The number of aryl methyl sites for hydroxylation is 1. The van der Waals surface area contributed by atoms with Gasteiger partial charge < -0.3 is 0 Å². The average molecular weight is 331 g/mol. The zero-order valence-corrected chi connectivity index (χ0v) is 12.8. The largest absolute Gasteiger partial charge is 0.296 e. The summed E-state index contributed by atoms with van der Waals surface area (Å²) in [5, 5.41) is 11.0. The molecule has 0 aliphatic rings. The first-order valence-electron chi connectivity index (χ1n) is 6.71. The summed E-state index contributed by atoms with van der Waals surface area (Å²) in [6.07, 6.45) is 0. The Morgan fingerprint density at radius 2 is 1.74 bits per heavy atom. The Labute approximate surface area is 134 Å². The van der Waals surface area contributed by atoms with Gasteiger partial charge >= 0.3 is 0 Å². The second-order valence-electron chi connectivity index (χ2n) is 4.78. The smallest absolute Gasteiger partial charge is 0.263 e. The van der Waals surface area contributed by atoms with Crippen LogP contribution in [0.2, 0.25) is 0 Å². The topological polar surface area (TPSA) is 54.9 Å². The molecule has 116 valence electrons. The third-order valence-electron chi connectivity index (χ3n) is 3.21. The van der Waals surface area contributed by atoms with Crippen LogP contribution in [-0.4, -0.2) is 16.1 Å². The van der Waals surface area contributed by atoms with Crippen LogP contribution >= 0.6 is 11.3 Å². The molecule has 0 saturated heterocycles. The fourth-order valence-electron chi connectivity index (χ4n) is 2.07. The third-order valence-corrected chi connectivity index (χ3v) is 4.08. The highest BCUT2D eigenvalue weighted by atomic mass is 32.1. The van der Waals surface area contributed by atoms with Crippen LogP contribution < -0.4 is 5.32 Å². The van der Waals surface area contributed by atoms with Gasteiger partial charge in [-0.3, -0.25) is 10.1 Å². The van der Waals surface area contributed by atoms with Gasteiger partial charge in [0.2, 0.25) is 5.13 Å². The van der Waals surface area contributed by atoms with Crippen LogP contribution in [0.25, 0.3) is 10.6 Å². The van der Waals surface area contributed by atoms with Crippen molar-refractivity contribution < 1.29 is 13.6 Å². The first-order valence-corrected chi connectivity index (χ1v) is 7.53. The molecular formula is C16H11F2N3OS. The molecule has 1 heterocycles. The third kappa shape index (κ3) is 3.09. The van der Waals surface area contributed by atoms with Gasteiger partial charge in [-0.15, -0.1) is 10.2 Å². The summed E-state index contributed by atoms with van der Waals surface area (Å²) < 4.78 is 27.2. The van der Waals surface area contributed by atoms with E-state index in [-0.39, 0.29) is 5.13 Å². The molecule has 2 aromatic carbocycles. The number of nitrogens with one attached hydrogen (secondary N) is 1. The number of nitrogens with zero attached hydrogens (tertiary/aromatic N) is 2. The van der Waals surface area contributed by atoms with Crippen molar-refractivity contribution in [1.29, 1.82) is 0 Å². The highest BCUT2D eigenvalue weighted by molar-refractivity contribution is 7.18. The minimum absolute atomic E-state index is 0.177. The highest BCUT2D eigenvalue weighted by Gasteiger charge is 2.19. The van der Waals surface area contributed by atoms with Gasteiger partial charge in [0, 0.05) is 5.56 Å². The average Bonchev–Trinajstić information content (AvgIpc) is 2.95. The van der Waals surface area contributed by atoms with Crippen molar-refractivity contribution in [3.8, 4) is 10.6 Å². The van der Waals surface area contributed by atoms with Crippen molar-refractivity contribution in [1.82, 2.24) is 10.2 Å². The molecule has 1 N–H and O–H groups in total. The Kier molecular flexibility index (Phi) is 4.12. The maximum absolute atomic E-state index is 13.6. The number of anilines is 1. The van der Waals surface area contributed by atoms with Gasteiger partial charge in [0.15, 0.2) is 0 Å². The summed E-state index contributed by atoms with van der Waals surface area (Å²) in [6.45, 7) is 1.93. The first-order chi connectivity index (χ1) is 11.1. The van der Waals surface area contributed by atoms with Crippen molar-refractivity contribution in [3.05, 3.63) is 65.2 Å². The van der Waals surface area contributed by atoms with E-state index in [0.29, 0.717) is 5.01 Å². The number of hydrogen-bond donors (Lipinski definition) is 1.